The molecule has 0 aliphatic heterocycles. The Kier molecular flexibility index (Phi) is 4.96. The first-order valence-corrected chi connectivity index (χ1v) is 7.25. The summed E-state index contributed by atoms with van der Waals surface area (Å²) in [5.41, 5.74) is 0.860. The lowest BCUT2D eigenvalue weighted by atomic mass is 10.0. The van der Waals surface area contributed by atoms with Gasteiger partial charge in [0.05, 0.1) is 23.0 Å². The van der Waals surface area contributed by atoms with Gasteiger partial charge in [0.15, 0.2) is 11.6 Å². The molecule has 1 aromatic carbocycles. The zero-order valence-electron chi connectivity index (χ0n) is 12.2. The molecule has 0 saturated carbocycles. The highest BCUT2D eigenvalue weighted by Crippen LogP contribution is 2.32. The average molecular weight is 314 g/mol. The van der Waals surface area contributed by atoms with Gasteiger partial charge in [-0.3, -0.25) is 4.68 Å². The van der Waals surface area contributed by atoms with Crippen LogP contribution in [0.5, 0.6) is 0 Å². The van der Waals surface area contributed by atoms with E-state index < -0.39 is 17.7 Å². The maximum atomic E-state index is 14.1. The van der Waals surface area contributed by atoms with Crippen LogP contribution < -0.4 is 5.32 Å². The first kappa shape index (κ1) is 15.9. The van der Waals surface area contributed by atoms with Gasteiger partial charge in [-0.15, -0.1) is 0 Å². The molecule has 1 N–H and O–H groups in total. The van der Waals surface area contributed by atoms with Gasteiger partial charge in [-0.25, -0.2) is 8.78 Å². The van der Waals surface area contributed by atoms with Crippen LogP contribution in [0.2, 0.25) is 5.02 Å². The maximum absolute atomic E-state index is 14.1. The summed E-state index contributed by atoms with van der Waals surface area (Å²) in [5, 5.41) is 7.81. The van der Waals surface area contributed by atoms with Crippen LogP contribution in [-0.2, 0) is 0 Å². The predicted molar refractivity (Wildman–Crippen MR) is 79.5 cm³/mol. The molecule has 0 amide bonds. The van der Waals surface area contributed by atoms with Gasteiger partial charge in [0.25, 0.3) is 0 Å². The van der Waals surface area contributed by atoms with Crippen molar-refractivity contribution in [1.29, 1.82) is 0 Å². The van der Waals surface area contributed by atoms with Gasteiger partial charge in [0.2, 0.25) is 0 Å². The molecular weight excluding hydrogens is 296 g/mol. The van der Waals surface area contributed by atoms with E-state index in [4.69, 9.17) is 11.6 Å². The Morgan fingerprint density at radius 2 is 2.05 bits per heavy atom. The lowest BCUT2D eigenvalue weighted by Gasteiger charge is -2.22. The Balaban J connectivity index is 2.59. The van der Waals surface area contributed by atoms with E-state index in [9.17, 15) is 8.78 Å². The van der Waals surface area contributed by atoms with Crippen molar-refractivity contribution in [2.24, 2.45) is 0 Å². The van der Waals surface area contributed by atoms with Crippen LogP contribution in [0.3, 0.4) is 0 Å². The van der Waals surface area contributed by atoms with E-state index in [0.29, 0.717) is 17.3 Å². The SMILES string of the molecule is CCNC(c1cccc(F)c1F)c1c(Cl)cnn1C(C)C. The van der Waals surface area contributed by atoms with E-state index in [0.717, 1.165) is 6.07 Å². The summed E-state index contributed by atoms with van der Waals surface area (Å²) >= 11 is 6.22. The molecule has 0 fully saturated rings. The van der Waals surface area contributed by atoms with Crippen LogP contribution in [0.1, 0.15) is 44.1 Å². The summed E-state index contributed by atoms with van der Waals surface area (Å²) in [4.78, 5) is 0. The number of aromatic nitrogens is 2. The molecule has 114 valence electrons. The predicted octanol–water partition coefficient (Wildman–Crippen LogP) is 4.09. The van der Waals surface area contributed by atoms with Crippen molar-refractivity contribution in [3.05, 3.63) is 52.3 Å². The molecule has 6 heteroatoms. The number of nitrogens with zero attached hydrogens (tertiary/aromatic N) is 2. The van der Waals surface area contributed by atoms with Gasteiger partial charge < -0.3 is 5.32 Å². The van der Waals surface area contributed by atoms with E-state index in [1.54, 1.807) is 10.7 Å². The monoisotopic (exact) mass is 313 g/mol. The molecule has 1 heterocycles. The van der Waals surface area contributed by atoms with E-state index in [2.05, 4.69) is 10.4 Å². The zero-order chi connectivity index (χ0) is 15.6. The summed E-state index contributed by atoms with van der Waals surface area (Å²) in [6.07, 6.45) is 1.53. The fourth-order valence-electron chi connectivity index (χ4n) is 2.33. The third-order valence-electron chi connectivity index (χ3n) is 3.25. The molecule has 2 rings (SSSR count). The van der Waals surface area contributed by atoms with E-state index in [1.807, 2.05) is 20.8 Å². The third-order valence-corrected chi connectivity index (χ3v) is 3.54. The lowest BCUT2D eigenvalue weighted by molar-refractivity contribution is 0.452. The molecule has 3 nitrogen and oxygen atoms in total. The van der Waals surface area contributed by atoms with E-state index in [1.165, 1.54) is 12.3 Å². The fourth-order valence-corrected chi connectivity index (χ4v) is 2.57. The first-order valence-electron chi connectivity index (χ1n) is 6.87. The highest BCUT2D eigenvalue weighted by atomic mass is 35.5. The van der Waals surface area contributed by atoms with Crippen LogP contribution in [0.15, 0.2) is 24.4 Å². The molecule has 1 atom stereocenters. The Morgan fingerprint density at radius 1 is 1.33 bits per heavy atom. The summed E-state index contributed by atoms with van der Waals surface area (Å²) in [5.74, 6) is -1.74. The van der Waals surface area contributed by atoms with Crippen molar-refractivity contribution in [2.75, 3.05) is 6.54 Å². The highest BCUT2D eigenvalue weighted by Gasteiger charge is 2.26. The minimum atomic E-state index is -0.873. The number of halogens is 3. The number of nitrogens with one attached hydrogen (secondary N) is 1. The quantitative estimate of drug-likeness (QED) is 0.901. The second-order valence-electron chi connectivity index (χ2n) is 5.05. The number of benzene rings is 1. The largest absolute Gasteiger partial charge is 0.305 e. The van der Waals surface area contributed by atoms with Gasteiger partial charge in [0.1, 0.15) is 0 Å². The van der Waals surface area contributed by atoms with Crippen LogP contribution >= 0.6 is 11.6 Å². The van der Waals surface area contributed by atoms with Crippen LogP contribution in [-0.4, -0.2) is 16.3 Å². The summed E-state index contributed by atoms with van der Waals surface area (Å²) in [7, 11) is 0. The first-order chi connectivity index (χ1) is 9.97. The molecule has 0 aliphatic rings. The normalized spacial score (nSPS) is 12.9. The van der Waals surface area contributed by atoms with Gasteiger partial charge in [0, 0.05) is 11.6 Å². The molecule has 0 radical (unpaired) electrons. The van der Waals surface area contributed by atoms with Gasteiger partial charge in [-0.2, -0.15) is 5.10 Å². The van der Waals surface area contributed by atoms with Crippen molar-refractivity contribution in [1.82, 2.24) is 15.1 Å². The molecule has 0 spiro atoms. The summed E-state index contributed by atoms with van der Waals surface area (Å²) < 4.78 is 29.4. The second-order valence-corrected chi connectivity index (χ2v) is 5.46. The average Bonchev–Trinajstić information content (AvgIpc) is 2.82. The van der Waals surface area contributed by atoms with Crippen molar-refractivity contribution in [2.45, 2.75) is 32.9 Å². The van der Waals surface area contributed by atoms with Gasteiger partial charge >= 0.3 is 0 Å². The van der Waals surface area contributed by atoms with Crippen molar-refractivity contribution >= 4 is 11.6 Å². The van der Waals surface area contributed by atoms with Gasteiger partial charge in [-0.1, -0.05) is 30.7 Å². The highest BCUT2D eigenvalue weighted by molar-refractivity contribution is 6.31. The lowest BCUT2D eigenvalue weighted by Crippen LogP contribution is -2.27. The molecule has 1 aromatic heterocycles. The minimum Gasteiger partial charge on any atom is -0.305 e. The number of hydrogen-bond donors (Lipinski definition) is 1. The van der Waals surface area contributed by atoms with Crippen molar-refractivity contribution in [3.8, 4) is 0 Å². The standard InChI is InChI=1S/C15H18ClF2N3/c1-4-19-14(10-6-5-7-12(17)13(10)18)15-11(16)8-20-21(15)9(2)3/h5-9,14,19H,4H2,1-3H3. The molecule has 0 bridgehead atoms. The van der Waals surface area contributed by atoms with E-state index in [-0.39, 0.29) is 11.6 Å². The van der Waals surface area contributed by atoms with E-state index >= 15 is 0 Å². The summed E-state index contributed by atoms with van der Waals surface area (Å²) in [6.45, 7) is 6.39. The molecule has 2 aromatic rings. The Hall–Kier alpha value is -1.46. The molecule has 0 aliphatic carbocycles. The molecule has 21 heavy (non-hydrogen) atoms. The Morgan fingerprint density at radius 3 is 2.67 bits per heavy atom. The van der Waals surface area contributed by atoms with Crippen LogP contribution in [0, 0.1) is 11.6 Å². The van der Waals surface area contributed by atoms with Crippen molar-refractivity contribution < 1.29 is 8.78 Å². The smallest absolute Gasteiger partial charge is 0.163 e. The fraction of sp³-hybridized carbons (Fsp3) is 0.400. The summed E-state index contributed by atoms with van der Waals surface area (Å²) in [6, 6.07) is 3.65. The van der Waals surface area contributed by atoms with Gasteiger partial charge in [-0.05, 0) is 26.5 Å². The molecular formula is C15H18ClF2N3. The zero-order valence-corrected chi connectivity index (χ0v) is 13.0. The number of hydrogen-bond acceptors (Lipinski definition) is 2. The topological polar surface area (TPSA) is 29.9 Å². The van der Waals surface area contributed by atoms with Crippen molar-refractivity contribution in [3.63, 3.8) is 0 Å². The van der Waals surface area contributed by atoms with Crippen LogP contribution in [0.25, 0.3) is 0 Å². The second kappa shape index (κ2) is 6.54. The molecule has 1 unspecified atom stereocenters. The third kappa shape index (κ3) is 3.09. The maximum Gasteiger partial charge on any atom is 0.163 e. The minimum absolute atomic E-state index is 0.0604. The molecule has 0 saturated heterocycles. The number of rotatable bonds is 5. The van der Waals surface area contributed by atoms with Crippen LogP contribution in [0.4, 0.5) is 8.78 Å². The Labute approximate surface area is 127 Å². The Bertz CT molecular complexity index is 625.